The van der Waals surface area contributed by atoms with Gasteiger partial charge in [0.1, 0.15) is 5.54 Å². The van der Waals surface area contributed by atoms with E-state index in [1.54, 1.807) is 31.2 Å². The van der Waals surface area contributed by atoms with Crippen LogP contribution in [0, 0.1) is 0 Å². The van der Waals surface area contributed by atoms with Gasteiger partial charge in [-0.25, -0.2) is 9.48 Å². The van der Waals surface area contributed by atoms with Crippen LogP contribution in [0.2, 0.25) is 0 Å². The zero-order chi connectivity index (χ0) is 21.6. The predicted octanol–water partition coefficient (Wildman–Crippen LogP) is 2.67. The third kappa shape index (κ3) is 3.16. The number of anilines is 1. The van der Waals surface area contributed by atoms with Crippen LogP contribution in [0.25, 0.3) is 5.69 Å². The molecule has 2 aromatic carbocycles. The number of amides is 4. The molecule has 1 aliphatic carbocycles. The smallest absolute Gasteiger partial charge is 0.321 e. The quantitative estimate of drug-likeness (QED) is 0.570. The van der Waals surface area contributed by atoms with Gasteiger partial charge < -0.3 is 10.6 Å². The van der Waals surface area contributed by atoms with Crippen molar-refractivity contribution in [2.75, 3.05) is 5.32 Å². The molecular weight excluding hydrogens is 394 g/mol. The van der Waals surface area contributed by atoms with Crippen molar-refractivity contribution in [1.82, 2.24) is 20.4 Å². The van der Waals surface area contributed by atoms with E-state index in [1.165, 1.54) is 0 Å². The molecule has 4 amide bonds. The van der Waals surface area contributed by atoms with Gasteiger partial charge >= 0.3 is 6.03 Å². The van der Waals surface area contributed by atoms with Crippen LogP contribution < -0.4 is 16.0 Å². The Morgan fingerprint density at radius 3 is 2.65 bits per heavy atom. The molecule has 3 aromatic rings. The third-order valence-electron chi connectivity index (χ3n) is 5.89. The van der Waals surface area contributed by atoms with Crippen LogP contribution in [0.5, 0.6) is 0 Å². The Labute approximate surface area is 178 Å². The first-order valence-electron chi connectivity index (χ1n) is 10.2. The van der Waals surface area contributed by atoms with Crippen molar-refractivity contribution >= 4 is 23.5 Å². The van der Waals surface area contributed by atoms with Gasteiger partial charge in [-0.15, -0.1) is 0 Å². The summed E-state index contributed by atoms with van der Waals surface area (Å²) >= 11 is 0. The van der Waals surface area contributed by atoms with Crippen molar-refractivity contribution in [2.24, 2.45) is 0 Å². The molecule has 1 aromatic heterocycles. The topological polar surface area (TPSA) is 105 Å². The molecule has 0 saturated carbocycles. The van der Waals surface area contributed by atoms with Gasteiger partial charge in [-0.2, -0.15) is 5.10 Å². The first-order valence-corrected chi connectivity index (χ1v) is 10.2. The lowest BCUT2D eigenvalue weighted by Crippen LogP contribution is -2.40. The van der Waals surface area contributed by atoms with E-state index in [9.17, 15) is 14.4 Å². The molecule has 1 atom stereocenters. The number of aromatic nitrogens is 2. The molecule has 1 saturated heterocycles. The molecule has 156 valence electrons. The highest BCUT2D eigenvalue weighted by molar-refractivity contribution is 6.07. The molecular formula is C23H21N5O3. The minimum Gasteiger partial charge on any atom is -0.321 e. The molecule has 0 spiro atoms. The molecule has 8 heteroatoms. The molecule has 3 N–H and O–H groups in total. The lowest BCUT2D eigenvalue weighted by atomic mass is 9.92. The largest absolute Gasteiger partial charge is 0.322 e. The van der Waals surface area contributed by atoms with Gasteiger partial charge in [-0.05, 0) is 56.0 Å². The Kier molecular flexibility index (Phi) is 4.35. The van der Waals surface area contributed by atoms with E-state index < -0.39 is 17.5 Å². The second-order valence-electron chi connectivity index (χ2n) is 7.94. The molecule has 5 rings (SSSR count). The lowest BCUT2D eigenvalue weighted by Gasteiger charge is -2.21. The number of urea groups is 1. The zero-order valence-electron chi connectivity index (χ0n) is 16.9. The van der Waals surface area contributed by atoms with E-state index in [0.717, 1.165) is 36.2 Å². The van der Waals surface area contributed by atoms with Gasteiger partial charge in [0.25, 0.3) is 11.8 Å². The maximum atomic E-state index is 13.1. The summed E-state index contributed by atoms with van der Waals surface area (Å²) < 4.78 is 1.85. The monoisotopic (exact) mass is 415 g/mol. The van der Waals surface area contributed by atoms with Crippen molar-refractivity contribution in [2.45, 2.75) is 31.7 Å². The van der Waals surface area contributed by atoms with Gasteiger partial charge in [0, 0.05) is 16.9 Å². The average Bonchev–Trinajstić information content (AvgIpc) is 3.43. The van der Waals surface area contributed by atoms with Crippen molar-refractivity contribution in [3.05, 3.63) is 77.1 Å². The Morgan fingerprint density at radius 2 is 1.90 bits per heavy atom. The SMILES string of the molecule is C[C@]1(c2cccc(NC(=O)c3nn(-c4ccccc4)c4c3CCC4)c2)NC(=O)NC1=O. The number of fused-ring (bicyclic) bond motifs is 1. The fraction of sp³-hybridized carbons (Fsp3) is 0.217. The normalized spacial score (nSPS) is 19.6. The predicted molar refractivity (Wildman–Crippen MR) is 114 cm³/mol. The second kappa shape index (κ2) is 7.09. The Balaban J connectivity index is 1.44. The number of rotatable bonds is 4. The van der Waals surface area contributed by atoms with Crippen LogP contribution >= 0.6 is 0 Å². The van der Waals surface area contributed by atoms with Crippen molar-refractivity contribution in [3.63, 3.8) is 0 Å². The minimum absolute atomic E-state index is 0.296. The van der Waals surface area contributed by atoms with E-state index in [1.807, 2.05) is 35.0 Å². The van der Waals surface area contributed by atoms with E-state index in [4.69, 9.17) is 0 Å². The summed E-state index contributed by atoms with van der Waals surface area (Å²) in [7, 11) is 0. The van der Waals surface area contributed by atoms with Crippen molar-refractivity contribution in [1.29, 1.82) is 0 Å². The minimum atomic E-state index is -1.19. The van der Waals surface area contributed by atoms with E-state index in [0.29, 0.717) is 16.9 Å². The average molecular weight is 415 g/mol. The summed E-state index contributed by atoms with van der Waals surface area (Å²) in [6.45, 7) is 1.63. The maximum Gasteiger partial charge on any atom is 0.322 e. The highest BCUT2D eigenvalue weighted by atomic mass is 16.2. The molecule has 2 heterocycles. The summed E-state index contributed by atoms with van der Waals surface area (Å²) in [6.07, 6.45) is 2.69. The van der Waals surface area contributed by atoms with Gasteiger partial charge in [0.2, 0.25) is 0 Å². The fourth-order valence-electron chi connectivity index (χ4n) is 4.25. The van der Waals surface area contributed by atoms with Gasteiger partial charge in [-0.3, -0.25) is 14.9 Å². The molecule has 31 heavy (non-hydrogen) atoms. The van der Waals surface area contributed by atoms with Crippen LogP contribution in [-0.2, 0) is 23.2 Å². The number of benzene rings is 2. The molecule has 2 aliphatic rings. The molecule has 1 fully saturated rings. The van der Waals surface area contributed by atoms with Crippen LogP contribution in [-0.4, -0.2) is 27.6 Å². The highest BCUT2D eigenvalue weighted by Crippen LogP contribution is 2.29. The van der Waals surface area contributed by atoms with Gasteiger partial charge in [0.05, 0.1) is 5.69 Å². The Bertz CT molecular complexity index is 1220. The molecule has 0 radical (unpaired) electrons. The first-order chi connectivity index (χ1) is 15.0. The van der Waals surface area contributed by atoms with Gasteiger partial charge in [-0.1, -0.05) is 30.3 Å². The van der Waals surface area contributed by atoms with Gasteiger partial charge in [0.15, 0.2) is 5.69 Å². The molecule has 0 unspecified atom stereocenters. The molecule has 8 nitrogen and oxygen atoms in total. The van der Waals surface area contributed by atoms with Crippen LogP contribution in [0.1, 0.15) is 40.7 Å². The standard InChI is InChI=1S/C23H21N5O3/c1-23(21(30)25-22(31)26-23)14-7-5-8-15(13-14)24-20(29)19-17-11-6-12-18(17)28(27-19)16-9-3-2-4-10-16/h2-5,7-10,13H,6,11-12H2,1H3,(H,24,29)(H2,25,26,30,31)/t23-/m1/s1. The second-order valence-corrected chi connectivity index (χ2v) is 7.94. The van der Waals surface area contributed by atoms with Crippen LogP contribution in [0.4, 0.5) is 10.5 Å². The lowest BCUT2D eigenvalue weighted by molar-refractivity contribution is -0.123. The fourth-order valence-corrected chi connectivity index (χ4v) is 4.25. The summed E-state index contributed by atoms with van der Waals surface area (Å²) in [6, 6.07) is 16.2. The third-order valence-corrected chi connectivity index (χ3v) is 5.89. The molecule has 0 bridgehead atoms. The summed E-state index contributed by atoms with van der Waals surface area (Å²) in [5.74, 6) is -0.726. The van der Waals surface area contributed by atoms with E-state index in [-0.39, 0.29) is 5.91 Å². The number of imide groups is 1. The first kappa shape index (κ1) is 19.0. The summed E-state index contributed by atoms with van der Waals surface area (Å²) in [5.41, 5.74) is 3.31. The molecule has 1 aliphatic heterocycles. The Morgan fingerprint density at radius 1 is 1.10 bits per heavy atom. The van der Waals surface area contributed by atoms with Crippen LogP contribution in [0.15, 0.2) is 54.6 Å². The number of para-hydroxylation sites is 1. The Hall–Kier alpha value is -3.94. The maximum absolute atomic E-state index is 13.1. The number of carbonyl (C=O) groups excluding carboxylic acids is 3. The summed E-state index contributed by atoms with van der Waals surface area (Å²) in [4.78, 5) is 36.9. The van der Waals surface area contributed by atoms with Crippen molar-refractivity contribution in [3.8, 4) is 5.69 Å². The summed E-state index contributed by atoms with van der Waals surface area (Å²) in [5, 5.41) is 12.4. The van der Waals surface area contributed by atoms with Crippen molar-refractivity contribution < 1.29 is 14.4 Å². The number of hydrogen-bond acceptors (Lipinski definition) is 4. The van der Waals surface area contributed by atoms with E-state index in [2.05, 4.69) is 21.0 Å². The zero-order valence-corrected chi connectivity index (χ0v) is 16.9. The number of carbonyl (C=O) groups is 3. The number of nitrogens with zero attached hydrogens (tertiary/aromatic N) is 2. The number of hydrogen-bond donors (Lipinski definition) is 3. The number of nitrogens with one attached hydrogen (secondary N) is 3. The highest BCUT2D eigenvalue weighted by Gasteiger charge is 2.43. The van der Waals surface area contributed by atoms with Crippen LogP contribution in [0.3, 0.4) is 0 Å². The van der Waals surface area contributed by atoms with E-state index >= 15 is 0 Å².